The Morgan fingerprint density at radius 2 is 2.10 bits per heavy atom. The van der Waals surface area contributed by atoms with E-state index in [2.05, 4.69) is 11.1 Å². The molecule has 5 nitrogen and oxygen atoms in total. The molecule has 7 heteroatoms. The first-order chi connectivity index (χ1) is 10.2. The van der Waals surface area contributed by atoms with Gasteiger partial charge in [0.15, 0.2) is 0 Å². The van der Waals surface area contributed by atoms with Gasteiger partial charge in [-0.1, -0.05) is 23.5 Å². The number of rotatable bonds is 3. The molecule has 0 atom stereocenters. The highest BCUT2D eigenvalue weighted by Gasteiger charge is 2.12. The molecule has 0 bridgehead atoms. The monoisotopic (exact) mass is 313 g/mol. The van der Waals surface area contributed by atoms with Crippen LogP contribution in [-0.2, 0) is 0 Å². The summed E-state index contributed by atoms with van der Waals surface area (Å²) < 4.78 is 1.01. The zero-order chi connectivity index (χ0) is 14.8. The predicted molar refractivity (Wildman–Crippen MR) is 84.1 cm³/mol. The molecular weight excluding hydrogens is 306 g/mol. The Hall–Kier alpha value is -2.56. The van der Waals surface area contributed by atoms with Crippen molar-refractivity contribution in [3.8, 4) is 6.07 Å². The lowest BCUT2D eigenvalue weighted by molar-refractivity contribution is -0.380. The van der Waals surface area contributed by atoms with Crippen molar-refractivity contribution in [1.82, 2.24) is 4.98 Å². The van der Waals surface area contributed by atoms with Gasteiger partial charge in [0.05, 0.1) is 20.7 Å². The van der Waals surface area contributed by atoms with Crippen LogP contribution >= 0.6 is 22.7 Å². The Balaban J connectivity index is 2.02. The summed E-state index contributed by atoms with van der Waals surface area (Å²) in [4.78, 5) is 15.3. The number of nitro groups is 1. The highest BCUT2D eigenvalue weighted by atomic mass is 32.1. The first-order valence-corrected chi connectivity index (χ1v) is 7.52. The minimum absolute atomic E-state index is 0.0582. The van der Waals surface area contributed by atoms with Crippen molar-refractivity contribution in [2.75, 3.05) is 0 Å². The van der Waals surface area contributed by atoms with E-state index in [4.69, 9.17) is 0 Å². The zero-order valence-corrected chi connectivity index (χ0v) is 12.1. The summed E-state index contributed by atoms with van der Waals surface area (Å²) in [7, 11) is 0. The second-order valence-electron chi connectivity index (χ2n) is 4.09. The number of hydrogen-bond donors (Lipinski definition) is 0. The third-order valence-electron chi connectivity index (χ3n) is 2.72. The topological polar surface area (TPSA) is 79.8 Å². The van der Waals surface area contributed by atoms with Gasteiger partial charge in [-0.25, -0.2) is 4.98 Å². The van der Waals surface area contributed by atoms with Crippen molar-refractivity contribution >= 4 is 49.5 Å². The van der Waals surface area contributed by atoms with Crippen LogP contribution in [0.1, 0.15) is 9.88 Å². The molecule has 21 heavy (non-hydrogen) atoms. The first-order valence-electron chi connectivity index (χ1n) is 5.89. The maximum Gasteiger partial charge on any atom is 0.324 e. The van der Waals surface area contributed by atoms with E-state index >= 15 is 0 Å². The maximum absolute atomic E-state index is 10.7. The standard InChI is InChI=1S/C14H7N3O2S2/c15-8-9(7-10-5-6-13(20-10)17(18)19)14-16-11-3-1-2-4-12(11)21-14/h1-7H. The highest BCUT2D eigenvalue weighted by Crippen LogP contribution is 2.31. The average molecular weight is 313 g/mol. The summed E-state index contributed by atoms with van der Waals surface area (Å²) in [5.74, 6) is 0. The molecule has 0 radical (unpaired) electrons. The van der Waals surface area contributed by atoms with Crippen LogP contribution in [0.25, 0.3) is 21.9 Å². The van der Waals surface area contributed by atoms with E-state index in [0.29, 0.717) is 15.5 Å². The first kappa shape index (κ1) is 13.4. The van der Waals surface area contributed by atoms with Gasteiger partial charge in [0.25, 0.3) is 0 Å². The average Bonchev–Trinajstić information content (AvgIpc) is 3.11. The van der Waals surface area contributed by atoms with Crippen LogP contribution in [-0.4, -0.2) is 9.91 Å². The van der Waals surface area contributed by atoms with E-state index in [1.165, 1.54) is 17.4 Å². The van der Waals surface area contributed by atoms with Gasteiger partial charge in [-0.2, -0.15) is 5.26 Å². The lowest BCUT2D eigenvalue weighted by Crippen LogP contribution is -1.80. The van der Waals surface area contributed by atoms with Gasteiger partial charge in [-0.3, -0.25) is 10.1 Å². The molecule has 102 valence electrons. The Morgan fingerprint density at radius 1 is 1.29 bits per heavy atom. The van der Waals surface area contributed by atoms with E-state index < -0.39 is 4.92 Å². The number of aromatic nitrogens is 1. The van der Waals surface area contributed by atoms with Gasteiger partial charge in [0.1, 0.15) is 11.1 Å². The molecule has 2 aromatic heterocycles. The zero-order valence-electron chi connectivity index (χ0n) is 10.5. The molecule has 0 fully saturated rings. The quantitative estimate of drug-likeness (QED) is 0.409. The van der Waals surface area contributed by atoms with Gasteiger partial charge in [0, 0.05) is 10.9 Å². The normalized spacial score (nSPS) is 11.5. The number of fused-ring (bicyclic) bond motifs is 1. The number of allylic oxidation sites excluding steroid dienone is 1. The summed E-state index contributed by atoms with van der Waals surface area (Å²) >= 11 is 2.47. The molecule has 2 heterocycles. The van der Waals surface area contributed by atoms with Crippen LogP contribution in [0.15, 0.2) is 36.4 Å². The van der Waals surface area contributed by atoms with Crippen molar-refractivity contribution in [3.63, 3.8) is 0 Å². The van der Waals surface area contributed by atoms with Crippen molar-refractivity contribution < 1.29 is 4.92 Å². The fraction of sp³-hybridized carbons (Fsp3) is 0. The summed E-state index contributed by atoms with van der Waals surface area (Å²) in [6, 6.07) is 12.8. The Kier molecular flexibility index (Phi) is 3.48. The van der Waals surface area contributed by atoms with Crippen LogP contribution in [0.3, 0.4) is 0 Å². The maximum atomic E-state index is 10.7. The third-order valence-corrected chi connectivity index (χ3v) is 4.78. The molecule has 0 aliphatic carbocycles. The Bertz CT molecular complexity index is 869. The number of nitriles is 1. The van der Waals surface area contributed by atoms with Crippen molar-refractivity contribution in [2.45, 2.75) is 0 Å². The molecule has 0 amide bonds. The molecular formula is C14H7N3O2S2. The molecule has 0 aliphatic rings. The number of nitrogens with zero attached hydrogens (tertiary/aromatic N) is 3. The number of para-hydroxylation sites is 1. The second-order valence-corrected chi connectivity index (χ2v) is 6.21. The molecule has 3 rings (SSSR count). The summed E-state index contributed by atoms with van der Waals surface area (Å²) in [6.45, 7) is 0. The molecule has 0 spiro atoms. The molecule has 0 saturated carbocycles. The fourth-order valence-electron chi connectivity index (χ4n) is 1.79. The van der Waals surface area contributed by atoms with Gasteiger partial charge in [-0.15, -0.1) is 11.3 Å². The van der Waals surface area contributed by atoms with Gasteiger partial charge < -0.3 is 0 Å². The van der Waals surface area contributed by atoms with Crippen molar-refractivity contribution in [3.05, 3.63) is 56.4 Å². The molecule has 0 aliphatic heterocycles. The third kappa shape index (κ3) is 2.67. The van der Waals surface area contributed by atoms with Gasteiger partial charge >= 0.3 is 5.00 Å². The largest absolute Gasteiger partial charge is 0.324 e. The summed E-state index contributed by atoms with van der Waals surface area (Å²) in [5, 5.41) is 20.7. The van der Waals surface area contributed by atoms with Crippen LogP contribution < -0.4 is 0 Å². The van der Waals surface area contributed by atoms with Crippen molar-refractivity contribution in [2.24, 2.45) is 0 Å². The molecule has 0 unspecified atom stereocenters. The minimum Gasteiger partial charge on any atom is -0.258 e. The highest BCUT2D eigenvalue weighted by molar-refractivity contribution is 7.19. The fourth-order valence-corrected chi connectivity index (χ4v) is 3.49. The summed E-state index contributed by atoms with van der Waals surface area (Å²) in [6.07, 6.45) is 1.63. The van der Waals surface area contributed by atoms with E-state index in [1.54, 1.807) is 12.1 Å². The second kappa shape index (κ2) is 5.44. The van der Waals surface area contributed by atoms with Crippen molar-refractivity contribution in [1.29, 1.82) is 5.26 Å². The van der Waals surface area contributed by atoms with Crippen LogP contribution in [0.5, 0.6) is 0 Å². The number of benzene rings is 1. The van der Waals surface area contributed by atoms with Gasteiger partial charge in [0.2, 0.25) is 0 Å². The molecule has 0 N–H and O–H groups in total. The minimum atomic E-state index is -0.439. The van der Waals surface area contributed by atoms with Crippen LogP contribution in [0, 0.1) is 21.4 Å². The smallest absolute Gasteiger partial charge is 0.258 e. The SMILES string of the molecule is N#CC(=Cc1ccc([N+](=O)[O-])s1)c1nc2ccccc2s1. The molecule has 1 aromatic carbocycles. The van der Waals surface area contributed by atoms with E-state index in [0.717, 1.165) is 21.6 Å². The predicted octanol–water partition coefficient (Wildman–Crippen LogP) is 4.33. The Labute approximate surface area is 127 Å². The van der Waals surface area contributed by atoms with E-state index in [9.17, 15) is 15.4 Å². The van der Waals surface area contributed by atoms with Gasteiger partial charge in [-0.05, 0) is 24.3 Å². The number of thiazole rings is 1. The Morgan fingerprint density at radius 3 is 2.76 bits per heavy atom. The van der Waals surface area contributed by atoms with Crippen LogP contribution in [0.4, 0.5) is 5.00 Å². The number of hydrogen-bond acceptors (Lipinski definition) is 6. The van der Waals surface area contributed by atoms with E-state index in [-0.39, 0.29) is 5.00 Å². The van der Waals surface area contributed by atoms with Crippen LogP contribution in [0.2, 0.25) is 0 Å². The molecule has 3 aromatic rings. The number of thiophene rings is 1. The lowest BCUT2D eigenvalue weighted by atomic mass is 10.2. The lowest BCUT2D eigenvalue weighted by Gasteiger charge is -1.90. The summed E-state index contributed by atoms with van der Waals surface area (Å²) in [5.41, 5.74) is 1.25. The molecule has 0 saturated heterocycles. The van der Waals surface area contributed by atoms with E-state index in [1.807, 2.05) is 24.3 Å².